The van der Waals surface area contributed by atoms with Crippen LogP contribution in [0.4, 0.5) is 0 Å². The topological polar surface area (TPSA) is 77.2 Å². The van der Waals surface area contributed by atoms with Crippen molar-refractivity contribution in [3.8, 4) is 17.2 Å². The highest BCUT2D eigenvalue weighted by molar-refractivity contribution is 5.78. The number of carbonyl (C=O) groups excluding carboxylic acids is 1. The highest BCUT2D eigenvalue weighted by Crippen LogP contribution is 2.23. The standard InChI is InChI=1S/C23H27N3O3/c1-14(2)22-25-23(29-26-22)18-7-9-19(10-8-18)28-13-21(27)24-17(5)20-11-6-15(3)12-16(20)4/h6-12,14,17H,13H2,1-5H3,(H,24,27)/t17-/m0/s1. The van der Waals surface area contributed by atoms with Crippen molar-refractivity contribution in [3.05, 3.63) is 65.0 Å². The first-order chi connectivity index (χ1) is 13.8. The van der Waals surface area contributed by atoms with Gasteiger partial charge in [0.05, 0.1) is 6.04 Å². The number of rotatable bonds is 7. The van der Waals surface area contributed by atoms with E-state index in [0.29, 0.717) is 17.5 Å². The first-order valence-electron chi connectivity index (χ1n) is 9.77. The number of nitrogens with one attached hydrogen (secondary N) is 1. The smallest absolute Gasteiger partial charge is 0.258 e. The molecule has 0 spiro atoms. The molecule has 2 aromatic carbocycles. The molecule has 0 aliphatic carbocycles. The van der Waals surface area contributed by atoms with E-state index in [1.807, 2.05) is 32.9 Å². The Bertz CT molecular complexity index is 977. The fraction of sp³-hybridized carbons (Fsp3) is 0.348. The summed E-state index contributed by atoms with van der Waals surface area (Å²) in [7, 11) is 0. The van der Waals surface area contributed by atoms with Crippen molar-refractivity contribution in [1.82, 2.24) is 15.5 Å². The third-order valence-electron chi connectivity index (χ3n) is 4.70. The van der Waals surface area contributed by atoms with Gasteiger partial charge in [-0.1, -0.05) is 42.8 Å². The van der Waals surface area contributed by atoms with Gasteiger partial charge in [-0.3, -0.25) is 4.79 Å². The molecule has 29 heavy (non-hydrogen) atoms. The lowest BCUT2D eigenvalue weighted by molar-refractivity contribution is -0.123. The molecule has 0 aliphatic rings. The first-order valence-corrected chi connectivity index (χ1v) is 9.77. The van der Waals surface area contributed by atoms with Crippen molar-refractivity contribution in [3.63, 3.8) is 0 Å². The Hall–Kier alpha value is -3.15. The molecule has 0 fully saturated rings. The van der Waals surface area contributed by atoms with Crippen molar-refractivity contribution in [2.75, 3.05) is 6.61 Å². The highest BCUT2D eigenvalue weighted by Gasteiger charge is 2.13. The predicted molar refractivity (Wildman–Crippen MR) is 112 cm³/mol. The summed E-state index contributed by atoms with van der Waals surface area (Å²) < 4.78 is 10.9. The summed E-state index contributed by atoms with van der Waals surface area (Å²) >= 11 is 0. The molecule has 0 bridgehead atoms. The Morgan fingerprint density at radius 2 is 1.83 bits per heavy atom. The number of carbonyl (C=O) groups is 1. The van der Waals surface area contributed by atoms with Crippen molar-refractivity contribution in [2.24, 2.45) is 0 Å². The van der Waals surface area contributed by atoms with Crippen LogP contribution in [0, 0.1) is 13.8 Å². The largest absolute Gasteiger partial charge is 0.484 e. The van der Waals surface area contributed by atoms with E-state index < -0.39 is 0 Å². The minimum Gasteiger partial charge on any atom is -0.484 e. The van der Waals surface area contributed by atoms with E-state index >= 15 is 0 Å². The van der Waals surface area contributed by atoms with E-state index in [0.717, 1.165) is 16.7 Å². The van der Waals surface area contributed by atoms with Gasteiger partial charge in [0, 0.05) is 11.5 Å². The number of benzene rings is 2. The Kier molecular flexibility index (Phi) is 6.32. The highest BCUT2D eigenvalue weighted by atomic mass is 16.5. The Labute approximate surface area is 171 Å². The molecule has 0 unspecified atom stereocenters. The monoisotopic (exact) mass is 393 g/mol. The molecule has 6 nitrogen and oxygen atoms in total. The average molecular weight is 393 g/mol. The van der Waals surface area contributed by atoms with Crippen LogP contribution in [0.25, 0.3) is 11.5 Å². The third-order valence-corrected chi connectivity index (χ3v) is 4.70. The zero-order chi connectivity index (χ0) is 21.0. The Morgan fingerprint density at radius 1 is 1.10 bits per heavy atom. The third kappa shape index (κ3) is 5.22. The molecule has 0 aliphatic heterocycles. The fourth-order valence-electron chi connectivity index (χ4n) is 3.10. The molecular weight excluding hydrogens is 366 g/mol. The molecule has 0 radical (unpaired) electrons. The van der Waals surface area contributed by atoms with E-state index in [1.165, 1.54) is 5.56 Å². The number of ether oxygens (including phenoxy) is 1. The lowest BCUT2D eigenvalue weighted by atomic mass is 10.0. The van der Waals surface area contributed by atoms with Crippen LogP contribution < -0.4 is 10.1 Å². The van der Waals surface area contributed by atoms with Gasteiger partial charge in [-0.25, -0.2) is 0 Å². The second-order valence-corrected chi connectivity index (χ2v) is 7.57. The van der Waals surface area contributed by atoms with Gasteiger partial charge in [0.2, 0.25) is 0 Å². The van der Waals surface area contributed by atoms with Crippen molar-refractivity contribution in [2.45, 2.75) is 46.6 Å². The number of hydrogen-bond acceptors (Lipinski definition) is 5. The second kappa shape index (κ2) is 8.90. The number of aromatic nitrogens is 2. The SMILES string of the molecule is Cc1ccc([C@H](C)NC(=O)COc2ccc(-c3nc(C(C)C)no3)cc2)c(C)c1. The van der Waals surface area contributed by atoms with Crippen LogP contribution in [-0.2, 0) is 4.79 Å². The maximum atomic E-state index is 12.3. The molecule has 0 saturated carbocycles. The van der Waals surface area contributed by atoms with E-state index in [4.69, 9.17) is 9.26 Å². The summed E-state index contributed by atoms with van der Waals surface area (Å²) in [5, 5.41) is 6.95. The van der Waals surface area contributed by atoms with E-state index in [2.05, 4.69) is 47.5 Å². The number of amides is 1. The number of aryl methyl sites for hydroxylation is 2. The molecule has 3 rings (SSSR count). The lowest BCUT2D eigenvalue weighted by Gasteiger charge is -2.17. The van der Waals surface area contributed by atoms with Crippen molar-refractivity contribution in [1.29, 1.82) is 0 Å². The van der Waals surface area contributed by atoms with E-state index in [-0.39, 0.29) is 24.5 Å². The van der Waals surface area contributed by atoms with Gasteiger partial charge in [-0.05, 0) is 56.2 Å². The van der Waals surface area contributed by atoms with Crippen molar-refractivity contribution >= 4 is 5.91 Å². The van der Waals surface area contributed by atoms with Crippen LogP contribution in [0.1, 0.15) is 55.2 Å². The van der Waals surface area contributed by atoms with Gasteiger partial charge in [-0.15, -0.1) is 0 Å². The van der Waals surface area contributed by atoms with Crippen LogP contribution >= 0.6 is 0 Å². The molecule has 1 aromatic heterocycles. The zero-order valence-corrected chi connectivity index (χ0v) is 17.5. The van der Waals surface area contributed by atoms with Crippen LogP contribution in [-0.4, -0.2) is 22.7 Å². The summed E-state index contributed by atoms with van der Waals surface area (Å²) in [5.74, 6) is 1.79. The summed E-state index contributed by atoms with van der Waals surface area (Å²) in [4.78, 5) is 16.6. The zero-order valence-electron chi connectivity index (χ0n) is 17.5. The summed E-state index contributed by atoms with van der Waals surface area (Å²) in [6, 6.07) is 13.4. The second-order valence-electron chi connectivity index (χ2n) is 7.57. The normalized spacial score (nSPS) is 12.1. The van der Waals surface area contributed by atoms with Gasteiger partial charge in [-0.2, -0.15) is 4.98 Å². The number of hydrogen-bond donors (Lipinski definition) is 1. The van der Waals surface area contributed by atoms with Gasteiger partial charge < -0.3 is 14.6 Å². The summed E-state index contributed by atoms with van der Waals surface area (Å²) in [6.07, 6.45) is 0. The predicted octanol–water partition coefficient (Wildman–Crippen LogP) is 4.73. The molecular formula is C23H27N3O3. The van der Waals surface area contributed by atoms with Crippen LogP contribution in [0.2, 0.25) is 0 Å². The van der Waals surface area contributed by atoms with Gasteiger partial charge in [0.1, 0.15) is 5.75 Å². The minimum atomic E-state index is -0.167. The maximum absolute atomic E-state index is 12.3. The van der Waals surface area contributed by atoms with Gasteiger partial charge in [0.15, 0.2) is 12.4 Å². The van der Waals surface area contributed by atoms with Crippen LogP contribution in [0.5, 0.6) is 5.75 Å². The molecule has 3 aromatic rings. The van der Waals surface area contributed by atoms with Crippen molar-refractivity contribution < 1.29 is 14.1 Å². The van der Waals surface area contributed by atoms with Gasteiger partial charge >= 0.3 is 0 Å². The molecule has 0 saturated heterocycles. The average Bonchev–Trinajstić information content (AvgIpc) is 3.17. The first kappa shape index (κ1) is 20.6. The lowest BCUT2D eigenvalue weighted by Crippen LogP contribution is -2.31. The fourth-order valence-corrected chi connectivity index (χ4v) is 3.10. The van der Waals surface area contributed by atoms with Crippen LogP contribution in [0.3, 0.4) is 0 Å². The molecule has 1 atom stereocenters. The van der Waals surface area contributed by atoms with Gasteiger partial charge in [0.25, 0.3) is 11.8 Å². The molecule has 1 N–H and O–H groups in total. The molecule has 152 valence electrons. The van der Waals surface area contributed by atoms with E-state index in [1.54, 1.807) is 12.1 Å². The Morgan fingerprint density at radius 3 is 2.45 bits per heavy atom. The maximum Gasteiger partial charge on any atom is 0.258 e. The Balaban J connectivity index is 1.54. The molecule has 1 heterocycles. The summed E-state index contributed by atoms with van der Waals surface area (Å²) in [5.41, 5.74) is 4.28. The van der Waals surface area contributed by atoms with E-state index in [9.17, 15) is 4.79 Å². The van der Waals surface area contributed by atoms with Crippen LogP contribution in [0.15, 0.2) is 47.0 Å². The number of nitrogens with zero attached hydrogens (tertiary/aromatic N) is 2. The molecule has 1 amide bonds. The molecule has 6 heteroatoms. The quantitative estimate of drug-likeness (QED) is 0.628. The minimum absolute atomic E-state index is 0.0490. The summed E-state index contributed by atoms with van der Waals surface area (Å²) in [6.45, 7) is 10.1.